The Kier molecular flexibility index (Phi) is 2.22. The molecule has 0 aromatic carbocycles. The van der Waals surface area contributed by atoms with Crippen molar-refractivity contribution in [2.45, 2.75) is 6.42 Å². The first-order valence-electron chi connectivity index (χ1n) is 4.76. The minimum absolute atomic E-state index is 0.102. The summed E-state index contributed by atoms with van der Waals surface area (Å²) in [6, 6.07) is 1.33. The summed E-state index contributed by atoms with van der Waals surface area (Å²) in [7, 11) is 0. The lowest BCUT2D eigenvalue weighted by atomic mass is 10.3. The summed E-state index contributed by atoms with van der Waals surface area (Å²) in [6.45, 7) is -2.52. The molecule has 1 N–H and O–H groups in total. The molecule has 4 nitrogen and oxygen atoms in total. The van der Waals surface area contributed by atoms with Crippen LogP contribution in [0.15, 0.2) is 6.07 Å². The van der Waals surface area contributed by atoms with E-state index in [2.05, 4.69) is 10.2 Å². The van der Waals surface area contributed by atoms with Gasteiger partial charge >= 0.3 is 0 Å². The minimum Gasteiger partial charge on any atom is -0.359 e. The lowest BCUT2D eigenvalue weighted by Gasteiger charge is -2.00. The number of amides is 1. The van der Waals surface area contributed by atoms with Gasteiger partial charge in [0, 0.05) is 11.1 Å². The second-order valence-corrected chi connectivity index (χ2v) is 2.98. The van der Waals surface area contributed by atoms with Crippen LogP contribution in [-0.2, 0) is 11.2 Å². The van der Waals surface area contributed by atoms with E-state index >= 15 is 0 Å². The molecule has 1 heterocycles. The molecule has 0 aliphatic heterocycles. The van der Waals surface area contributed by atoms with Gasteiger partial charge in [-0.3, -0.25) is 4.79 Å². The maximum atomic E-state index is 11.2. The van der Waals surface area contributed by atoms with Crippen molar-refractivity contribution in [2.24, 2.45) is 0 Å². The number of nitrogens with one attached hydrogen (secondary N) is 1. The van der Waals surface area contributed by atoms with Gasteiger partial charge in [0.05, 0.1) is 17.1 Å². The fourth-order valence-corrected chi connectivity index (χ4v) is 1.10. The van der Waals surface area contributed by atoms with Crippen LogP contribution in [0.2, 0.25) is 10.2 Å². The number of hydrogen-bond acceptors (Lipinski definition) is 3. The Bertz CT molecular complexity index is 410. The number of hydrogen-bond donors (Lipinski definition) is 1. The first kappa shape index (κ1) is 6.56. The molecule has 1 amide bonds. The van der Waals surface area contributed by atoms with Gasteiger partial charge in [-0.15, -0.1) is 5.10 Å². The average molecular weight is 223 g/mol. The molecule has 70 valence electrons. The van der Waals surface area contributed by atoms with Crippen LogP contribution < -0.4 is 5.32 Å². The molecule has 0 unspecified atom stereocenters. The molecule has 13 heavy (non-hydrogen) atoms. The predicted octanol–water partition coefficient (Wildman–Crippen LogP) is 1.07. The van der Waals surface area contributed by atoms with Crippen molar-refractivity contribution in [3.05, 3.63) is 21.9 Å². The maximum Gasteiger partial charge on any atom is 0.225 e. The number of likely N-dealkylation sites (N-methyl/N-ethyl adjacent to an activating group) is 1. The number of rotatable bonds is 2. The molecule has 0 bridgehead atoms. The van der Waals surface area contributed by atoms with Gasteiger partial charge in [0.15, 0.2) is 5.15 Å². The summed E-state index contributed by atoms with van der Waals surface area (Å²) < 4.78 is 20.5. The van der Waals surface area contributed by atoms with E-state index in [1.807, 2.05) is 5.32 Å². The number of aromatic nitrogens is 2. The fraction of sp³-hybridized carbons (Fsp3) is 0.286. The van der Waals surface area contributed by atoms with Crippen molar-refractivity contribution >= 4 is 29.1 Å². The smallest absolute Gasteiger partial charge is 0.225 e. The van der Waals surface area contributed by atoms with Crippen LogP contribution in [0.4, 0.5) is 0 Å². The van der Waals surface area contributed by atoms with Gasteiger partial charge in [-0.2, -0.15) is 5.10 Å². The van der Waals surface area contributed by atoms with Crippen molar-refractivity contribution in [2.75, 3.05) is 6.98 Å². The van der Waals surface area contributed by atoms with E-state index in [0.29, 0.717) is 0 Å². The summed E-state index contributed by atoms with van der Waals surface area (Å²) in [5.41, 5.74) is 0.174. The van der Waals surface area contributed by atoms with Gasteiger partial charge in [-0.25, -0.2) is 0 Å². The number of halogens is 2. The van der Waals surface area contributed by atoms with Gasteiger partial charge < -0.3 is 5.32 Å². The van der Waals surface area contributed by atoms with Crippen LogP contribution in [0.1, 0.15) is 9.81 Å². The molecule has 1 aromatic heterocycles. The normalized spacial score (nSPS) is 14.2. The second-order valence-electron chi connectivity index (χ2n) is 2.19. The van der Waals surface area contributed by atoms with Crippen LogP contribution in [-0.4, -0.2) is 23.1 Å². The molecular weight excluding hydrogens is 213 g/mol. The molecule has 0 aliphatic carbocycles. The largest absolute Gasteiger partial charge is 0.359 e. The highest BCUT2D eigenvalue weighted by Crippen LogP contribution is 2.16. The minimum atomic E-state index is -2.52. The number of carbonyl (C=O) groups is 1. The summed E-state index contributed by atoms with van der Waals surface area (Å²) in [6.07, 6.45) is -0.263. The fourth-order valence-electron chi connectivity index (χ4n) is 0.689. The number of nitrogens with zero attached hydrogens (tertiary/aromatic N) is 2. The van der Waals surface area contributed by atoms with E-state index in [4.69, 9.17) is 27.3 Å². The van der Waals surface area contributed by atoms with Gasteiger partial charge in [-0.05, 0) is 6.07 Å². The topological polar surface area (TPSA) is 54.9 Å². The van der Waals surface area contributed by atoms with Crippen LogP contribution in [0.3, 0.4) is 0 Å². The Morgan fingerprint density at radius 1 is 1.69 bits per heavy atom. The summed E-state index contributed by atoms with van der Waals surface area (Å²) in [5, 5.41) is 9.17. The lowest BCUT2D eigenvalue weighted by Crippen LogP contribution is -2.20. The summed E-state index contributed by atoms with van der Waals surface area (Å²) in [5.74, 6) is -0.710. The van der Waals surface area contributed by atoms with Crippen LogP contribution in [0.5, 0.6) is 0 Å². The molecule has 0 saturated heterocycles. The quantitative estimate of drug-likeness (QED) is 0.815. The van der Waals surface area contributed by atoms with Crippen LogP contribution >= 0.6 is 23.2 Å². The molecule has 0 aliphatic rings. The number of carbonyl (C=O) groups excluding carboxylic acids is 1. The molecule has 6 heteroatoms. The zero-order valence-corrected chi connectivity index (χ0v) is 7.85. The summed E-state index contributed by atoms with van der Waals surface area (Å²) >= 11 is 11.2. The highest BCUT2D eigenvalue weighted by atomic mass is 35.5. The highest BCUT2D eigenvalue weighted by molar-refractivity contribution is 6.34. The first-order chi connectivity index (χ1) is 7.28. The van der Waals surface area contributed by atoms with Gasteiger partial charge in [0.1, 0.15) is 0 Å². The maximum absolute atomic E-state index is 11.2. The van der Waals surface area contributed by atoms with Crippen LogP contribution in [0.25, 0.3) is 0 Å². The highest BCUT2D eigenvalue weighted by Gasteiger charge is 2.08. The summed E-state index contributed by atoms with van der Waals surface area (Å²) in [4.78, 5) is 11.2. The zero-order chi connectivity index (χ0) is 12.3. The van der Waals surface area contributed by atoms with E-state index in [-0.39, 0.29) is 22.3 Å². The van der Waals surface area contributed by atoms with Crippen LogP contribution in [0, 0.1) is 0 Å². The molecule has 1 aromatic rings. The Balaban J connectivity index is 2.70. The molecule has 0 fully saturated rings. The molecule has 1 rings (SSSR count). The SMILES string of the molecule is [2H]C([2H])([2H])NC(=O)Cc1nnc(Cl)cc1Cl. The third kappa shape index (κ3) is 2.82. The Labute approximate surface area is 89.5 Å². The van der Waals surface area contributed by atoms with Gasteiger partial charge in [-0.1, -0.05) is 23.2 Å². The standard InChI is InChI=1S/C7H7Cl2N3O/c1-10-7(13)3-5-4(8)2-6(9)12-11-5/h2H,3H2,1H3,(H,10,13)/i1D3. The Hall–Kier alpha value is -0.870. The monoisotopic (exact) mass is 222 g/mol. The van der Waals surface area contributed by atoms with E-state index < -0.39 is 12.9 Å². The first-order valence-corrected chi connectivity index (χ1v) is 4.02. The van der Waals surface area contributed by atoms with Crippen molar-refractivity contribution in [3.63, 3.8) is 0 Å². The molecule has 0 spiro atoms. The van der Waals surface area contributed by atoms with E-state index in [9.17, 15) is 4.79 Å². The van der Waals surface area contributed by atoms with Crippen molar-refractivity contribution < 1.29 is 8.91 Å². The van der Waals surface area contributed by atoms with E-state index in [0.717, 1.165) is 0 Å². The van der Waals surface area contributed by atoms with Crippen molar-refractivity contribution in [3.8, 4) is 0 Å². The Morgan fingerprint density at radius 3 is 3.08 bits per heavy atom. The van der Waals surface area contributed by atoms with Crippen molar-refractivity contribution in [1.29, 1.82) is 0 Å². The molecule has 0 saturated carbocycles. The average Bonchev–Trinajstić information content (AvgIpc) is 2.06. The lowest BCUT2D eigenvalue weighted by molar-refractivity contribution is -0.120. The zero-order valence-electron chi connectivity index (χ0n) is 9.34. The van der Waals surface area contributed by atoms with E-state index in [1.54, 1.807) is 0 Å². The second kappa shape index (κ2) is 4.39. The van der Waals surface area contributed by atoms with Gasteiger partial charge in [0.2, 0.25) is 5.91 Å². The van der Waals surface area contributed by atoms with Crippen molar-refractivity contribution in [1.82, 2.24) is 15.5 Å². The third-order valence-electron chi connectivity index (χ3n) is 1.26. The third-order valence-corrected chi connectivity index (χ3v) is 1.77. The Morgan fingerprint density at radius 2 is 2.46 bits per heavy atom. The molecular formula is C7H7Cl2N3O. The molecule has 0 radical (unpaired) electrons. The molecule has 0 atom stereocenters. The van der Waals surface area contributed by atoms with Gasteiger partial charge in [0.25, 0.3) is 0 Å². The predicted molar refractivity (Wildman–Crippen MR) is 49.8 cm³/mol. The van der Waals surface area contributed by atoms with E-state index in [1.165, 1.54) is 6.07 Å².